The number of carbonyl (C=O) groups excluding carboxylic acids is 1. The zero-order valence-corrected chi connectivity index (χ0v) is 15.3. The maximum Gasteiger partial charge on any atom is 0.296 e. The van der Waals surface area contributed by atoms with Gasteiger partial charge < -0.3 is 15.0 Å². The van der Waals surface area contributed by atoms with Crippen LogP contribution in [0.25, 0.3) is 0 Å². The number of aromatic amines is 1. The number of aromatic nitrogens is 2. The minimum atomic E-state index is -0.600. The van der Waals surface area contributed by atoms with Crippen molar-refractivity contribution < 1.29 is 14.5 Å². The fourth-order valence-corrected chi connectivity index (χ4v) is 2.99. The quantitative estimate of drug-likeness (QED) is 0.327. The summed E-state index contributed by atoms with van der Waals surface area (Å²) in [7, 11) is 1.40. The Hall–Kier alpha value is -2.88. The Morgan fingerprint density at radius 1 is 1.46 bits per heavy atom. The van der Waals surface area contributed by atoms with Crippen LogP contribution in [0.5, 0.6) is 5.75 Å². The number of hydrogen-bond acceptors (Lipinski definition) is 7. The van der Waals surface area contributed by atoms with Crippen molar-refractivity contribution in [2.45, 2.75) is 25.4 Å². The molecule has 0 radical (unpaired) electrons. The van der Waals surface area contributed by atoms with Crippen LogP contribution in [0.2, 0.25) is 0 Å². The number of hydrogen-bond donors (Lipinski definition) is 2. The number of thioether (sulfide) groups is 1. The zero-order valence-electron chi connectivity index (χ0n) is 14.5. The van der Waals surface area contributed by atoms with E-state index in [2.05, 4.69) is 15.3 Å². The van der Waals surface area contributed by atoms with Crippen molar-refractivity contribution in [2.24, 2.45) is 0 Å². The van der Waals surface area contributed by atoms with Gasteiger partial charge in [0.2, 0.25) is 5.91 Å². The Morgan fingerprint density at radius 2 is 2.19 bits per heavy atom. The number of anilines is 1. The molecule has 138 valence electrons. The standard InChI is InChI=1S/C16H18N4O5S/c1-4-11-9(2)17-16(19-15(11)22)26-8-14(21)18-12-6-5-10(25-3)7-13(12)20(23)24/h5-7H,4,8H2,1-3H3,(H,18,21)(H,17,19,22). The molecule has 0 saturated carbocycles. The third kappa shape index (κ3) is 4.60. The first-order valence-electron chi connectivity index (χ1n) is 7.70. The molecule has 26 heavy (non-hydrogen) atoms. The van der Waals surface area contributed by atoms with E-state index in [4.69, 9.17) is 4.74 Å². The number of ether oxygens (including phenoxy) is 1. The topological polar surface area (TPSA) is 127 Å². The van der Waals surface area contributed by atoms with E-state index in [1.165, 1.54) is 25.3 Å². The van der Waals surface area contributed by atoms with Crippen molar-refractivity contribution in [3.8, 4) is 5.75 Å². The van der Waals surface area contributed by atoms with E-state index in [0.717, 1.165) is 11.8 Å². The van der Waals surface area contributed by atoms with E-state index < -0.39 is 10.8 Å². The van der Waals surface area contributed by atoms with Crippen LogP contribution in [-0.4, -0.2) is 33.7 Å². The molecule has 1 amide bonds. The number of nitro benzene ring substituents is 1. The van der Waals surface area contributed by atoms with Crippen molar-refractivity contribution in [1.29, 1.82) is 0 Å². The van der Waals surface area contributed by atoms with Gasteiger partial charge in [0.25, 0.3) is 11.2 Å². The van der Waals surface area contributed by atoms with Gasteiger partial charge in [-0.25, -0.2) is 4.98 Å². The molecule has 2 aromatic rings. The Balaban J connectivity index is 2.08. The summed E-state index contributed by atoms with van der Waals surface area (Å²) < 4.78 is 4.95. The molecule has 0 atom stereocenters. The number of H-pyrrole nitrogens is 1. The summed E-state index contributed by atoms with van der Waals surface area (Å²) >= 11 is 1.04. The van der Waals surface area contributed by atoms with Crippen molar-refractivity contribution in [3.63, 3.8) is 0 Å². The van der Waals surface area contributed by atoms with Crippen LogP contribution in [-0.2, 0) is 11.2 Å². The fraction of sp³-hybridized carbons (Fsp3) is 0.312. The lowest BCUT2D eigenvalue weighted by molar-refractivity contribution is -0.384. The van der Waals surface area contributed by atoms with Crippen molar-refractivity contribution in [1.82, 2.24) is 9.97 Å². The Kier molecular flexibility index (Phi) is 6.34. The molecule has 0 fully saturated rings. The first kappa shape index (κ1) is 19.4. The molecule has 1 aromatic carbocycles. The van der Waals surface area contributed by atoms with Crippen LogP contribution in [0, 0.1) is 17.0 Å². The molecule has 1 aromatic heterocycles. The molecular formula is C16H18N4O5S. The Bertz CT molecular complexity index is 897. The molecule has 1 heterocycles. The van der Waals surface area contributed by atoms with Gasteiger partial charge in [-0.2, -0.15) is 0 Å². The number of carbonyl (C=O) groups is 1. The van der Waals surface area contributed by atoms with Gasteiger partial charge >= 0.3 is 0 Å². The summed E-state index contributed by atoms with van der Waals surface area (Å²) in [6.07, 6.45) is 0.570. The summed E-state index contributed by atoms with van der Waals surface area (Å²) in [5, 5.41) is 13.9. The normalized spacial score (nSPS) is 10.4. The Morgan fingerprint density at radius 3 is 2.77 bits per heavy atom. The molecule has 2 N–H and O–H groups in total. The number of benzene rings is 1. The molecule has 2 rings (SSSR count). The van der Waals surface area contributed by atoms with Gasteiger partial charge in [0.1, 0.15) is 11.4 Å². The molecule has 0 bridgehead atoms. The number of methoxy groups -OCH3 is 1. The summed E-state index contributed by atoms with van der Waals surface area (Å²) in [4.78, 5) is 41.4. The molecular weight excluding hydrogens is 360 g/mol. The van der Waals surface area contributed by atoms with Gasteiger partial charge in [-0.05, 0) is 25.5 Å². The van der Waals surface area contributed by atoms with E-state index in [1.807, 2.05) is 6.92 Å². The maximum absolute atomic E-state index is 12.1. The third-order valence-corrected chi connectivity index (χ3v) is 4.44. The van der Waals surface area contributed by atoms with Gasteiger partial charge in [0, 0.05) is 11.3 Å². The number of aryl methyl sites for hydroxylation is 1. The second-order valence-electron chi connectivity index (χ2n) is 5.27. The molecule has 0 aliphatic rings. The second-order valence-corrected chi connectivity index (χ2v) is 6.23. The number of rotatable bonds is 7. The van der Waals surface area contributed by atoms with Crippen LogP contribution < -0.4 is 15.6 Å². The SMILES string of the molecule is CCc1c(C)nc(SCC(=O)Nc2ccc(OC)cc2[N+](=O)[O-])[nH]c1=O. The highest BCUT2D eigenvalue weighted by atomic mass is 32.2. The molecule has 0 saturated heterocycles. The van der Waals surface area contributed by atoms with Crippen molar-refractivity contribution in [3.05, 3.63) is 49.9 Å². The molecule has 0 spiro atoms. The molecule has 9 nitrogen and oxygen atoms in total. The zero-order chi connectivity index (χ0) is 19.3. The summed E-state index contributed by atoms with van der Waals surface area (Å²) in [5.41, 5.74) is 0.795. The molecule has 0 aliphatic carbocycles. The van der Waals surface area contributed by atoms with Gasteiger partial charge in [0.15, 0.2) is 5.16 Å². The first-order valence-corrected chi connectivity index (χ1v) is 8.69. The van der Waals surface area contributed by atoms with Gasteiger partial charge in [-0.15, -0.1) is 0 Å². The summed E-state index contributed by atoms with van der Waals surface area (Å²) in [5.74, 6) is -0.197. The Labute approximate surface area is 153 Å². The number of amides is 1. The summed E-state index contributed by atoms with van der Waals surface area (Å²) in [6, 6.07) is 4.15. The minimum Gasteiger partial charge on any atom is -0.496 e. The van der Waals surface area contributed by atoms with E-state index in [1.54, 1.807) is 6.92 Å². The highest BCUT2D eigenvalue weighted by molar-refractivity contribution is 7.99. The van der Waals surface area contributed by atoms with Crippen molar-refractivity contribution in [2.75, 3.05) is 18.2 Å². The average Bonchev–Trinajstić information content (AvgIpc) is 2.60. The maximum atomic E-state index is 12.1. The van der Waals surface area contributed by atoms with Crippen molar-refractivity contribution >= 4 is 29.0 Å². The third-order valence-electron chi connectivity index (χ3n) is 3.57. The molecule has 0 aliphatic heterocycles. The number of nitrogens with one attached hydrogen (secondary N) is 2. The highest BCUT2D eigenvalue weighted by Gasteiger charge is 2.17. The van der Waals surface area contributed by atoms with E-state index in [9.17, 15) is 19.7 Å². The lowest BCUT2D eigenvalue weighted by atomic mass is 10.2. The van der Waals surface area contributed by atoms with Gasteiger partial charge in [-0.1, -0.05) is 18.7 Å². The van der Waals surface area contributed by atoms with Crippen LogP contribution in [0.4, 0.5) is 11.4 Å². The van der Waals surface area contributed by atoms with Crippen LogP contribution in [0.1, 0.15) is 18.2 Å². The highest BCUT2D eigenvalue weighted by Crippen LogP contribution is 2.29. The van der Waals surface area contributed by atoms with Gasteiger partial charge in [0.05, 0.1) is 23.9 Å². The minimum absolute atomic E-state index is 0.0585. The lowest BCUT2D eigenvalue weighted by Gasteiger charge is -2.08. The van der Waals surface area contributed by atoms with Gasteiger partial charge in [-0.3, -0.25) is 19.7 Å². The summed E-state index contributed by atoms with van der Waals surface area (Å²) in [6.45, 7) is 3.60. The predicted octanol–water partition coefficient (Wildman–Crippen LogP) is 2.29. The monoisotopic (exact) mass is 378 g/mol. The van der Waals surface area contributed by atoms with E-state index in [-0.39, 0.29) is 22.7 Å². The fourth-order valence-electron chi connectivity index (χ4n) is 2.28. The second kappa shape index (κ2) is 8.48. The lowest BCUT2D eigenvalue weighted by Crippen LogP contribution is -2.18. The average molecular weight is 378 g/mol. The predicted molar refractivity (Wildman–Crippen MR) is 98.0 cm³/mol. The van der Waals surface area contributed by atoms with E-state index in [0.29, 0.717) is 28.6 Å². The first-order chi connectivity index (χ1) is 12.3. The van der Waals surface area contributed by atoms with Crippen LogP contribution in [0.15, 0.2) is 28.2 Å². The largest absolute Gasteiger partial charge is 0.496 e. The molecule has 0 unspecified atom stereocenters. The van der Waals surface area contributed by atoms with E-state index >= 15 is 0 Å². The molecule has 10 heteroatoms. The van der Waals surface area contributed by atoms with Crippen LogP contribution in [0.3, 0.4) is 0 Å². The number of nitro groups is 1. The number of nitrogens with zero attached hydrogens (tertiary/aromatic N) is 2. The smallest absolute Gasteiger partial charge is 0.296 e. The van der Waals surface area contributed by atoms with Crippen LogP contribution >= 0.6 is 11.8 Å².